The highest BCUT2D eigenvalue weighted by Gasteiger charge is 2.16. The van der Waals surface area contributed by atoms with Gasteiger partial charge in [0, 0.05) is 10.6 Å². The van der Waals surface area contributed by atoms with Crippen molar-refractivity contribution in [2.45, 2.75) is 20.0 Å². The number of aliphatic hydroxyl groups excluding tert-OH is 1. The molecule has 0 saturated carbocycles. The molecule has 0 spiro atoms. The molecule has 94 valence electrons. The smallest absolute Gasteiger partial charge is 0.123 e. The van der Waals surface area contributed by atoms with Gasteiger partial charge in [-0.15, -0.1) is 0 Å². The maximum atomic E-state index is 13.2. The highest BCUT2D eigenvalue weighted by molar-refractivity contribution is 6.31. The van der Waals surface area contributed by atoms with Gasteiger partial charge in [-0.1, -0.05) is 29.8 Å². The summed E-state index contributed by atoms with van der Waals surface area (Å²) in [6, 6.07) is 9.80. The molecule has 1 nitrogen and oxygen atoms in total. The maximum Gasteiger partial charge on any atom is 0.123 e. The van der Waals surface area contributed by atoms with Crippen LogP contribution in [0, 0.1) is 19.7 Å². The van der Waals surface area contributed by atoms with Crippen LogP contribution in [0.3, 0.4) is 0 Å². The molecule has 2 rings (SSSR count). The second-order valence-corrected chi connectivity index (χ2v) is 4.84. The Kier molecular flexibility index (Phi) is 3.69. The van der Waals surface area contributed by atoms with Gasteiger partial charge in [0.05, 0.1) is 0 Å². The minimum absolute atomic E-state index is 0.363. The molecule has 1 atom stereocenters. The molecular weight excluding hydrogens is 251 g/mol. The largest absolute Gasteiger partial charge is 0.384 e. The van der Waals surface area contributed by atoms with E-state index in [1.807, 2.05) is 19.9 Å². The molecule has 0 aliphatic carbocycles. The third-order valence-corrected chi connectivity index (χ3v) is 3.31. The first kappa shape index (κ1) is 13.1. The van der Waals surface area contributed by atoms with Crippen molar-refractivity contribution in [3.05, 3.63) is 69.5 Å². The Hall–Kier alpha value is -1.38. The minimum atomic E-state index is -0.909. The van der Waals surface area contributed by atoms with E-state index in [-0.39, 0.29) is 5.82 Å². The molecule has 1 N–H and O–H groups in total. The van der Waals surface area contributed by atoms with Crippen molar-refractivity contribution in [1.82, 2.24) is 0 Å². The second-order valence-electron chi connectivity index (χ2n) is 4.43. The monoisotopic (exact) mass is 264 g/mol. The summed E-state index contributed by atoms with van der Waals surface area (Å²) in [5, 5.41) is 10.8. The van der Waals surface area contributed by atoms with Crippen LogP contribution in [0.2, 0.25) is 5.02 Å². The Labute approximate surface area is 111 Å². The summed E-state index contributed by atoms with van der Waals surface area (Å²) in [7, 11) is 0. The number of aryl methyl sites for hydroxylation is 2. The van der Waals surface area contributed by atoms with Crippen molar-refractivity contribution in [1.29, 1.82) is 0 Å². The summed E-state index contributed by atoms with van der Waals surface area (Å²) < 4.78 is 13.2. The predicted octanol–water partition coefficient (Wildman–Crippen LogP) is 4.18. The van der Waals surface area contributed by atoms with Crippen molar-refractivity contribution >= 4 is 11.6 Å². The van der Waals surface area contributed by atoms with Gasteiger partial charge in [0.25, 0.3) is 0 Å². The first-order valence-electron chi connectivity index (χ1n) is 5.69. The average Bonchev–Trinajstić information content (AvgIpc) is 2.31. The van der Waals surface area contributed by atoms with Gasteiger partial charge in [-0.25, -0.2) is 4.39 Å². The zero-order chi connectivity index (χ0) is 13.3. The van der Waals surface area contributed by atoms with Crippen LogP contribution in [0.25, 0.3) is 0 Å². The van der Waals surface area contributed by atoms with Gasteiger partial charge in [0.1, 0.15) is 11.9 Å². The van der Waals surface area contributed by atoms with E-state index in [2.05, 4.69) is 0 Å². The van der Waals surface area contributed by atoms with Crippen molar-refractivity contribution in [3.8, 4) is 0 Å². The fourth-order valence-corrected chi connectivity index (χ4v) is 2.27. The standard InChI is InChI=1S/C15H14ClFO/c1-9-3-6-12(14(16)7-9)15(18)13-8-11(17)5-4-10(13)2/h3-8,15,18H,1-2H3. The summed E-state index contributed by atoms with van der Waals surface area (Å²) in [6.07, 6.45) is -0.909. The molecule has 0 radical (unpaired) electrons. The van der Waals surface area contributed by atoms with Crippen LogP contribution in [-0.2, 0) is 0 Å². The molecule has 0 aliphatic rings. The molecule has 2 aromatic carbocycles. The Morgan fingerprint density at radius 1 is 1.06 bits per heavy atom. The summed E-state index contributed by atoms with van der Waals surface area (Å²) in [4.78, 5) is 0. The summed E-state index contributed by atoms with van der Waals surface area (Å²) in [6.45, 7) is 3.76. The molecule has 18 heavy (non-hydrogen) atoms. The molecule has 0 bridgehead atoms. The summed E-state index contributed by atoms with van der Waals surface area (Å²) >= 11 is 6.11. The molecule has 3 heteroatoms. The molecular formula is C15H14ClFO. The topological polar surface area (TPSA) is 20.2 Å². The van der Waals surface area contributed by atoms with E-state index in [0.717, 1.165) is 11.1 Å². The molecule has 0 saturated heterocycles. The van der Waals surface area contributed by atoms with Crippen LogP contribution in [0.5, 0.6) is 0 Å². The molecule has 1 unspecified atom stereocenters. The highest BCUT2D eigenvalue weighted by Crippen LogP contribution is 2.30. The number of benzene rings is 2. The lowest BCUT2D eigenvalue weighted by Gasteiger charge is -2.16. The normalized spacial score (nSPS) is 12.5. The second kappa shape index (κ2) is 5.09. The first-order valence-corrected chi connectivity index (χ1v) is 6.07. The van der Waals surface area contributed by atoms with Crippen molar-refractivity contribution < 1.29 is 9.50 Å². The lowest BCUT2D eigenvalue weighted by atomic mass is 9.97. The molecule has 0 heterocycles. The van der Waals surface area contributed by atoms with E-state index >= 15 is 0 Å². The van der Waals surface area contributed by atoms with Gasteiger partial charge in [0.15, 0.2) is 0 Å². The van der Waals surface area contributed by atoms with Gasteiger partial charge in [-0.05, 0) is 48.7 Å². The predicted molar refractivity (Wildman–Crippen MR) is 71.4 cm³/mol. The van der Waals surface area contributed by atoms with Gasteiger partial charge in [-0.3, -0.25) is 0 Å². The van der Waals surface area contributed by atoms with Crippen molar-refractivity contribution in [2.24, 2.45) is 0 Å². The van der Waals surface area contributed by atoms with Crippen LogP contribution >= 0.6 is 11.6 Å². The van der Waals surface area contributed by atoms with E-state index in [1.54, 1.807) is 18.2 Å². The quantitative estimate of drug-likeness (QED) is 0.863. The van der Waals surface area contributed by atoms with Crippen LogP contribution in [0.15, 0.2) is 36.4 Å². The maximum absolute atomic E-state index is 13.2. The Morgan fingerprint density at radius 3 is 2.44 bits per heavy atom. The molecule has 0 fully saturated rings. The zero-order valence-corrected chi connectivity index (χ0v) is 11.0. The number of halogens is 2. The third-order valence-electron chi connectivity index (χ3n) is 2.99. The molecule has 0 aromatic heterocycles. The van der Waals surface area contributed by atoms with Gasteiger partial charge >= 0.3 is 0 Å². The van der Waals surface area contributed by atoms with E-state index in [0.29, 0.717) is 16.1 Å². The van der Waals surface area contributed by atoms with Gasteiger partial charge < -0.3 is 5.11 Å². The minimum Gasteiger partial charge on any atom is -0.384 e. The highest BCUT2D eigenvalue weighted by atomic mass is 35.5. The van der Waals surface area contributed by atoms with E-state index in [1.165, 1.54) is 12.1 Å². The fraction of sp³-hybridized carbons (Fsp3) is 0.200. The van der Waals surface area contributed by atoms with Crippen molar-refractivity contribution in [2.75, 3.05) is 0 Å². The lowest BCUT2D eigenvalue weighted by Crippen LogP contribution is -2.03. The van der Waals surface area contributed by atoms with Crippen LogP contribution in [0.1, 0.15) is 28.4 Å². The fourth-order valence-electron chi connectivity index (χ4n) is 1.93. The number of hydrogen-bond acceptors (Lipinski definition) is 1. The zero-order valence-electron chi connectivity index (χ0n) is 10.2. The first-order chi connectivity index (χ1) is 8.49. The molecule has 0 aliphatic heterocycles. The van der Waals surface area contributed by atoms with E-state index in [4.69, 9.17) is 11.6 Å². The number of aliphatic hydroxyl groups is 1. The molecule has 0 amide bonds. The van der Waals surface area contributed by atoms with Crippen LogP contribution in [0.4, 0.5) is 4.39 Å². The lowest BCUT2D eigenvalue weighted by molar-refractivity contribution is 0.219. The Morgan fingerprint density at radius 2 is 1.78 bits per heavy atom. The van der Waals surface area contributed by atoms with Crippen molar-refractivity contribution in [3.63, 3.8) is 0 Å². The van der Waals surface area contributed by atoms with Crippen LogP contribution < -0.4 is 0 Å². The third kappa shape index (κ3) is 2.55. The number of rotatable bonds is 2. The molecule has 2 aromatic rings. The number of hydrogen-bond donors (Lipinski definition) is 1. The van der Waals surface area contributed by atoms with E-state index in [9.17, 15) is 9.50 Å². The van der Waals surface area contributed by atoms with Gasteiger partial charge in [-0.2, -0.15) is 0 Å². The summed E-state index contributed by atoms with van der Waals surface area (Å²) in [5.41, 5.74) is 2.99. The summed E-state index contributed by atoms with van der Waals surface area (Å²) in [5.74, 6) is -0.363. The van der Waals surface area contributed by atoms with Crippen LogP contribution in [-0.4, -0.2) is 5.11 Å². The Balaban J connectivity index is 2.47. The average molecular weight is 265 g/mol. The van der Waals surface area contributed by atoms with Gasteiger partial charge in [0.2, 0.25) is 0 Å². The van der Waals surface area contributed by atoms with E-state index < -0.39 is 6.10 Å². The SMILES string of the molecule is Cc1ccc(C(O)c2cc(F)ccc2C)c(Cl)c1. The Bertz CT molecular complexity index is 581.